The van der Waals surface area contributed by atoms with Crippen LogP contribution in [0.15, 0.2) is 0 Å². The van der Waals surface area contributed by atoms with Crippen molar-refractivity contribution in [3.05, 3.63) is 0 Å². The number of halogens is 1. The predicted octanol–water partition coefficient (Wildman–Crippen LogP) is 3.05. The lowest BCUT2D eigenvalue weighted by molar-refractivity contribution is 0.0572. The van der Waals surface area contributed by atoms with Crippen LogP contribution in [0.2, 0.25) is 0 Å². The molecule has 14 heavy (non-hydrogen) atoms. The van der Waals surface area contributed by atoms with E-state index in [1.165, 1.54) is 25.7 Å². The van der Waals surface area contributed by atoms with Crippen LogP contribution >= 0.6 is 0 Å². The third-order valence-corrected chi connectivity index (χ3v) is 3.89. The predicted molar refractivity (Wildman–Crippen MR) is 57.1 cm³/mol. The Bertz CT molecular complexity index is 189. The molecule has 0 saturated heterocycles. The minimum atomic E-state index is -0.847. The first-order valence-corrected chi connectivity index (χ1v) is 6.10. The van der Waals surface area contributed by atoms with Crippen molar-refractivity contribution in [1.29, 1.82) is 0 Å². The third-order valence-electron chi connectivity index (χ3n) is 3.89. The fourth-order valence-electron chi connectivity index (χ4n) is 2.68. The Morgan fingerprint density at radius 3 is 2.64 bits per heavy atom. The van der Waals surface area contributed by atoms with E-state index in [1.807, 2.05) is 0 Å². The zero-order valence-electron chi connectivity index (χ0n) is 9.19. The van der Waals surface area contributed by atoms with E-state index in [0.29, 0.717) is 12.6 Å². The smallest absolute Gasteiger partial charge is 0.123 e. The fraction of sp³-hybridized carbons (Fsp3) is 1.00. The van der Waals surface area contributed by atoms with E-state index in [-0.39, 0.29) is 0 Å². The van der Waals surface area contributed by atoms with Crippen molar-refractivity contribution < 1.29 is 4.39 Å². The monoisotopic (exact) mass is 199 g/mol. The molecular weight excluding hydrogens is 177 g/mol. The van der Waals surface area contributed by atoms with Crippen molar-refractivity contribution in [2.45, 2.75) is 63.6 Å². The summed E-state index contributed by atoms with van der Waals surface area (Å²) in [7, 11) is 0. The number of rotatable bonds is 3. The zero-order valence-corrected chi connectivity index (χ0v) is 9.19. The van der Waals surface area contributed by atoms with Crippen LogP contribution in [0.25, 0.3) is 0 Å². The molecule has 2 aliphatic carbocycles. The summed E-state index contributed by atoms with van der Waals surface area (Å²) in [5.74, 6) is 0.832. The van der Waals surface area contributed by atoms with Crippen LogP contribution in [0.3, 0.4) is 0 Å². The first-order chi connectivity index (χ1) is 6.68. The molecular formula is C12H22FN. The molecule has 0 heterocycles. The minimum absolute atomic E-state index is 0.590. The van der Waals surface area contributed by atoms with Gasteiger partial charge in [-0.1, -0.05) is 19.8 Å². The van der Waals surface area contributed by atoms with Gasteiger partial charge in [0, 0.05) is 12.6 Å². The van der Waals surface area contributed by atoms with Gasteiger partial charge in [0.1, 0.15) is 5.67 Å². The third kappa shape index (κ3) is 2.47. The van der Waals surface area contributed by atoms with Crippen LogP contribution in [-0.4, -0.2) is 18.3 Å². The van der Waals surface area contributed by atoms with Gasteiger partial charge in [-0.2, -0.15) is 0 Å². The van der Waals surface area contributed by atoms with Crippen molar-refractivity contribution in [3.63, 3.8) is 0 Å². The highest BCUT2D eigenvalue weighted by atomic mass is 19.1. The normalized spacial score (nSPS) is 36.4. The molecule has 2 heteroatoms. The Morgan fingerprint density at radius 1 is 1.29 bits per heavy atom. The average molecular weight is 199 g/mol. The summed E-state index contributed by atoms with van der Waals surface area (Å²) in [5.41, 5.74) is -0.847. The lowest BCUT2D eigenvalue weighted by atomic mass is 9.81. The van der Waals surface area contributed by atoms with Crippen LogP contribution in [0.5, 0.6) is 0 Å². The number of alkyl halides is 1. The van der Waals surface area contributed by atoms with Gasteiger partial charge in [0.05, 0.1) is 0 Å². The first-order valence-electron chi connectivity index (χ1n) is 6.10. The lowest BCUT2D eigenvalue weighted by Crippen LogP contribution is -2.46. The second-order valence-corrected chi connectivity index (χ2v) is 5.35. The van der Waals surface area contributed by atoms with Gasteiger partial charge in [0.2, 0.25) is 0 Å². The molecule has 1 nitrogen and oxygen atoms in total. The van der Waals surface area contributed by atoms with Gasteiger partial charge >= 0.3 is 0 Å². The fourth-order valence-corrected chi connectivity index (χ4v) is 2.68. The standard InChI is InChI=1S/C12H22FN/c1-10-4-2-5-11(8-10)14-9-12(13)6-3-7-12/h10-11,14H,2-9H2,1H3. The Hall–Kier alpha value is -0.110. The average Bonchev–Trinajstić information content (AvgIpc) is 2.12. The van der Waals surface area contributed by atoms with E-state index < -0.39 is 5.67 Å². The Labute approximate surface area is 86.5 Å². The molecule has 0 aromatic heterocycles. The van der Waals surface area contributed by atoms with Crippen molar-refractivity contribution >= 4 is 0 Å². The summed E-state index contributed by atoms with van der Waals surface area (Å²) in [4.78, 5) is 0. The van der Waals surface area contributed by atoms with Gasteiger partial charge in [-0.05, 0) is 38.0 Å². The van der Waals surface area contributed by atoms with Crippen LogP contribution < -0.4 is 5.32 Å². The Balaban J connectivity index is 1.69. The van der Waals surface area contributed by atoms with Gasteiger partial charge in [-0.3, -0.25) is 0 Å². The van der Waals surface area contributed by atoms with Crippen LogP contribution in [0.1, 0.15) is 51.9 Å². The van der Waals surface area contributed by atoms with Crippen LogP contribution in [0.4, 0.5) is 4.39 Å². The molecule has 0 aromatic rings. The summed E-state index contributed by atoms with van der Waals surface area (Å²) in [6.45, 7) is 2.91. The maximum absolute atomic E-state index is 13.7. The molecule has 0 radical (unpaired) electrons. The van der Waals surface area contributed by atoms with Crippen LogP contribution in [-0.2, 0) is 0 Å². The highest BCUT2D eigenvalue weighted by Crippen LogP contribution is 2.35. The number of hydrogen-bond acceptors (Lipinski definition) is 1. The summed E-state index contributed by atoms with van der Waals surface area (Å²) in [5, 5.41) is 3.42. The van der Waals surface area contributed by atoms with Crippen molar-refractivity contribution in [3.8, 4) is 0 Å². The number of hydrogen-bond donors (Lipinski definition) is 1. The highest BCUT2D eigenvalue weighted by Gasteiger charge is 2.37. The molecule has 1 N–H and O–H groups in total. The summed E-state index contributed by atoms with van der Waals surface area (Å²) < 4.78 is 13.7. The van der Waals surface area contributed by atoms with E-state index in [0.717, 1.165) is 25.2 Å². The molecule has 0 spiro atoms. The maximum Gasteiger partial charge on any atom is 0.123 e. The summed E-state index contributed by atoms with van der Waals surface area (Å²) in [6, 6.07) is 0.590. The molecule has 0 amide bonds. The van der Waals surface area contributed by atoms with Gasteiger partial charge in [0.15, 0.2) is 0 Å². The molecule has 0 aliphatic heterocycles. The minimum Gasteiger partial charge on any atom is -0.311 e. The maximum atomic E-state index is 13.7. The molecule has 82 valence electrons. The van der Waals surface area contributed by atoms with Crippen LogP contribution in [0, 0.1) is 5.92 Å². The van der Waals surface area contributed by atoms with Crippen molar-refractivity contribution in [1.82, 2.24) is 5.32 Å². The molecule has 2 fully saturated rings. The van der Waals surface area contributed by atoms with E-state index in [2.05, 4.69) is 12.2 Å². The highest BCUT2D eigenvalue weighted by molar-refractivity contribution is 4.91. The van der Waals surface area contributed by atoms with Crippen molar-refractivity contribution in [2.24, 2.45) is 5.92 Å². The first kappa shape index (κ1) is 10.4. The second-order valence-electron chi connectivity index (χ2n) is 5.35. The number of nitrogens with one attached hydrogen (secondary N) is 1. The van der Waals surface area contributed by atoms with Gasteiger partial charge < -0.3 is 5.32 Å². The molecule has 2 aliphatic rings. The SMILES string of the molecule is CC1CCCC(NCC2(F)CCC2)C1. The molecule has 2 rings (SSSR count). The van der Waals surface area contributed by atoms with Gasteiger partial charge in [0.25, 0.3) is 0 Å². The zero-order chi connectivity index (χ0) is 10.0. The summed E-state index contributed by atoms with van der Waals surface area (Å²) in [6.07, 6.45) is 7.82. The largest absolute Gasteiger partial charge is 0.311 e. The second kappa shape index (κ2) is 4.18. The molecule has 0 bridgehead atoms. The van der Waals surface area contributed by atoms with Gasteiger partial charge in [-0.25, -0.2) is 4.39 Å². The van der Waals surface area contributed by atoms with E-state index >= 15 is 0 Å². The van der Waals surface area contributed by atoms with Gasteiger partial charge in [-0.15, -0.1) is 0 Å². The van der Waals surface area contributed by atoms with E-state index in [4.69, 9.17) is 0 Å². The molecule has 2 saturated carbocycles. The van der Waals surface area contributed by atoms with E-state index in [9.17, 15) is 4.39 Å². The molecule has 0 aromatic carbocycles. The Kier molecular flexibility index (Phi) is 3.10. The lowest BCUT2D eigenvalue weighted by Gasteiger charge is -2.37. The topological polar surface area (TPSA) is 12.0 Å². The van der Waals surface area contributed by atoms with E-state index in [1.54, 1.807) is 0 Å². The Morgan fingerprint density at radius 2 is 2.07 bits per heavy atom. The quantitative estimate of drug-likeness (QED) is 0.736. The summed E-state index contributed by atoms with van der Waals surface area (Å²) >= 11 is 0. The molecule has 2 atom stereocenters. The molecule has 2 unspecified atom stereocenters. The van der Waals surface area contributed by atoms with Crippen molar-refractivity contribution in [2.75, 3.05) is 6.54 Å².